The Balaban J connectivity index is 2.04. The van der Waals surface area contributed by atoms with Crippen LogP contribution in [-0.2, 0) is 9.59 Å². The number of rotatable bonds is 3. The van der Waals surface area contributed by atoms with Crippen molar-refractivity contribution in [1.82, 2.24) is 5.16 Å². The third-order valence-electron chi connectivity index (χ3n) is 3.30. The number of carboxylic acid groups (broad SMARTS) is 1. The molecule has 1 aromatic rings. The lowest BCUT2D eigenvalue weighted by Gasteiger charge is -2.26. The number of carboxylic acids is 1. The molecule has 0 saturated heterocycles. The Kier molecular flexibility index (Phi) is 3.64. The minimum Gasteiger partial charge on any atom is -0.481 e. The van der Waals surface area contributed by atoms with Crippen molar-refractivity contribution in [1.29, 1.82) is 0 Å². The third kappa shape index (κ3) is 2.69. The van der Waals surface area contributed by atoms with Crippen LogP contribution in [0.15, 0.2) is 10.6 Å². The zero-order chi connectivity index (χ0) is 13.1. The van der Waals surface area contributed by atoms with Crippen molar-refractivity contribution in [3.05, 3.63) is 11.8 Å². The lowest BCUT2D eigenvalue weighted by atomic mass is 9.79. The summed E-state index contributed by atoms with van der Waals surface area (Å²) in [6.07, 6.45) is 2.93. The average molecular weight is 252 g/mol. The Morgan fingerprint density at radius 2 is 2.06 bits per heavy atom. The van der Waals surface area contributed by atoms with Gasteiger partial charge in [-0.15, -0.1) is 0 Å². The summed E-state index contributed by atoms with van der Waals surface area (Å²) in [6, 6.07) is 1.61. The first-order valence-corrected chi connectivity index (χ1v) is 6.05. The molecule has 0 aliphatic heterocycles. The van der Waals surface area contributed by atoms with Crippen molar-refractivity contribution in [2.45, 2.75) is 32.6 Å². The van der Waals surface area contributed by atoms with Crippen molar-refractivity contribution in [2.24, 2.45) is 11.8 Å². The molecule has 0 unspecified atom stereocenters. The van der Waals surface area contributed by atoms with Crippen molar-refractivity contribution < 1.29 is 19.2 Å². The van der Waals surface area contributed by atoms with Gasteiger partial charge in [0.1, 0.15) is 5.76 Å². The monoisotopic (exact) mass is 252 g/mol. The van der Waals surface area contributed by atoms with E-state index in [4.69, 9.17) is 9.63 Å². The molecule has 0 spiro atoms. The Morgan fingerprint density at radius 1 is 1.39 bits per heavy atom. The van der Waals surface area contributed by atoms with E-state index in [1.165, 1.54) is 0 Å². The minimum atomic E-state index is -0.897. The number of hydrogen-bond donors (Lipinski definition) is 2. The zero-order valence-corrected chi connectivity index (χ0v) is 10.2. The molecule has 2 N–H and O–H groups in total. The van der Waals surface area contributed by atoms with Gasteiger partial charge in [0.05, 0.1) is 11.8 Å². The van der Waals surface area contributed by atoms with E-state index < -0.39 is 17.8 Å². The number of carbonyl (C=O) groups is 2. The summed E-state index contributed by atoms with van der Waals surface area (Å²) in [4.78, 5) is 23.1. The van der Waals surface area contributed by atoms with Gasteiger partial charge < -0.3 is 14.9 Å². The molecule has 6 heteroatoms. The summed E-state index contributed by atoms with van der Waals surface area (Å²) < 4.78 is 4.85. The van der Waals surface area contributed by atoms with Gasteiger partial charge in [-0.3, -0.25) is 9.59 Å². The van der Waals surface area contributed by atoms with Gasteiger partial charge in [0.15, 0.2) is 5.82 Å². The number of anilines is 1. The van der Waals surface area contributed by atoms with Crippen molar-refractivity contribution >= 4 is 17.7 Å². The number of nitrogens with one attached hydrogen (secondary N) is 1. The smallest absolute Gasteiger partial charge is 0.307 e. The number of nitrogens with zero attached hydrogens (tertiary/aromatic N) is 1. The molecule has 2 rings (SSSR count). The van der Waals surface area contributed by atoms with Crippen LogP contribution in [0, 0.1) is 18.8 Å². The maximum absolute atomic E-state index is 12.0. The molecule has 0 radical (unpaired) electrons. The maximum Gasteiger partial charge on any atom is 0.307 e. The fourth-order valence-electron chi connectivity index (χ4n) is 2.38. The van der Waals surface area contributed by atoms with Crippen LogP contribution in [-0.4, -0.2) is 22.1 Å². The molecule has 18 heavy (non-hydrogen) atoms. The van der Waals surface area contributed by atoms with E-state index >= 15 is 0 Å². The first-order valence-electron chi connectivity index (χ1n) is 6.05. The Morgan fingerprint density at radius 3 is 2.61 bits per heavy atom. The summed E-state index contributed by atoms with van der Waals surface area (Å²) in [5.41, 5.74) is 0. The van der Waals surface area contributed by atoms with Crippen LogP contribution < -0.4 is 5.32 Å². The second kappa shape index (κ2) is 5.20. The predicted octanol–water partition coefficient (Wildman–Crippen LogP) is 1.81. The highest BCUT2D eigenvalue weighted by Crippen LogP contribution is 2.31. The quantitative estimate of drug-likeness (QED) is 0.855. The summed E-state index contributed by atoms with van der Waals surface area (Å²) in [7, 11) is 0. The highest BCUT2D eigenvalue weighted by molar-refractivity contribution is 5.94. The van der Waals surface area contributed by atoms with E-state index in [1.54, 1.807) is 13.0 Å². The predicted molar refractivity (Wildman–Crippen MR) is 63.0 cm³/mol. The molecule has 1 saturated carbocycles. The standard InChI is InChI=1S/C12H16N2O4/c1-7-6-10(14-18-7)13-11(15)8-4-2-3-5-9(8)12(16)17/h6,8-9H,2-5H2,1H3,(H,16,17)(H,13,14,15)/t8-,9+/m0/s1. The molecular formula is C12H16N2O4. The van der Waals surface area contributed by atoms with Crippen LogP contribution in [0.1, 0.15) is 31.4 Å². The van der Waals surface area contributed by atoms with Crippen LogP contribution >= 0.6 is 0 Å². The lowest BCUT2D eigenvalue weighted by Crippen LogP contribution is -2.36. The highest BCUT2D eigenvalue weighted by atomic mass is 16.5. The van der Waals surface area contributed by atoms with Crippen molar-refractivity contribution in [2.75, 3.05) is 5.32 Å². The summed E-state index contributed by atoms with van der Waals surface area (Å²) in [5.74, 6) is -1.31. The Labute approximate surface area is 104 Å². The molecule has 6 nitrogen and oxygen atoms in total. The van der Waals surface area contributed by atoms with Gasteiger partial charge in [-0.1, -0.05) is 18.0 Å². The topological polar surface area (TPSA) is 92.4 Å². The van der Waals surface area contributed by atoms with Crippen LogP contribution in [0.25, 0.3) is 0 Å². The van der Waals surface area contributed by atoms with Crippen LogP contribution in [0.3, 0.4) is 0 Å². The third-order valence-corrected chi connectivity index (χ3v) is 3.30. The number of hydrogen-bond acceptors (Lipinski definition) is 4. The number of amides is 1. The summed E-state index contributed by atoms with van der Waals surface area (Å²) in [6.45, 7) is 1.73. The molecule has 0 aromatic carbocycles. The van der Waals surface area contributed by atoms with Crippen LogP contribution in [0.2, 0.25) is 0 Å². The van der Waals surface area contributed by atoms with E-state index in [1.807, 2.05) is 0 Å². The van der Waals surface area contributed by atoms with E-state index in [0.29, 0.717) is 24.4 Å². The largest absolute Gasteiger partial charge is 0.481 e. The van der Waals surface area contributed by atoms with Gasteiger partial charge in [-0.2, -0.15) is 0 Å². The molecule has 0 bridgehead atoms. The fourth-order valence-corrected chi connectivity index (χ4v) is 2.38. The number of aliphatic carboxylic acids is 1. The number of carbonyl (C=O) groups excluding carboxylic acids is 1. The fraction of sp³-hybridized carbons (Fsp3) is 0.583. The van der Waals surface area contributed by atoms with Gasteiger partial charge in [0.25, 0.3) is 0 Å². The van der Waals surface area contributed by atoms with Crippen LogP contribution in [0.5, 0.6) is 0 Å². The average Bonchev–Trinajstić information content (AvgIpc) is 2.74. The normalized spacial score (nSPS) is 23.6. The van der Waals surface area contributed by atoms with E-state index in [0.717, 1.165) is 12.8 Å². The Hall–Kier alpha value is -1.85. The molecule has 1 amide bonds. The van der Waals surface area contributed by atoms with Gasteiger partial charge in [-0.25, -0.2) is 0 Å². The van der Waals surface area contributed by atoms with Gasteiger partial charge in [0, 0.05) is 6.07 Å². The van der Waals surface area contributed by atoms with Crippen molar-refractivity contribution in [3.8, 4) is 0 Å². The van der Waals surface area contributed by atoms with Gasteiger partial charge in [0.2, 0.25) is 5.91 Å². The van der Waals surface area contributed by atoms with E-state index in [-0.39, 0.29) is 5.91 Å². The molecule has 1 fully saturated rings. The highest BCUT2D eigenvalue weighted by Gasteiger charge is 2.35. The summed E-state index contributed by atoms with van der Waals surface area (Å²) >= 11 is 0. The second-order valence-electron chi connectivity index (χ2n) is 4.65. The SMILES string of the molecule is Cc1cc(NC(=O)[C@H]2CCCC[C@H]2C(=O)O)no1. The lowest BCUT2D eigenvalue weighted by molar-refractivity contribution is -0.147. The maximum atomic E-state index is 12.0. The molecule has 98 valence electrons. The molecule has 2 atom stereocenters. The van der Waals surface area contributed by atoms with Crippen molar-refractivity contribution in [3.63, 3.8) is 0 Å². The summed E-state index contributed by atoms with van der Waals surface area (Å²) in [5, 5.41) is 15.4. The zero-order valence-electron chi connectivity index (χ0n) is 10.2. The second-order valence-corrected chi connectivity index (χ2v) is 4.65. The first-order chi connectivity index (χ1) is 8.58. The molecular weight excluding hydrogens is 236 g/mol. The van der Waals surface area contributed by atoms with E-state index in [9.17, 15) is 9.59 Å². The molecule has 1 aromatic heterocycles. The van der Waals surface area contributed by atoms with E-state index in [2.05, 4.69) is 10.5 Å². The Bertz CT molecular complexity index is 455. The minimum absolute atomic E-state index is 0.282. The molecule has 1 aliphatic rings. The number of aryl methyl sites for hydroxylation is 1. The van der Waals surface area contributed by atoms with Gasteiger partial charge in [-0.05, 0) is 19.8 Å². The molecule has 1 aliphatic carbocycles. The van der Waals surface area contributed by atoms with Gasteiger partial charge >= 0.3 is 5.97 Å². The first kappa shape index (κ1) is 12.6. The van der Waals surface area contributed by atoms with Crippen LogP contribution in [0.4, 0.5) is 5.82 Å². The number of aromatic nitrogens is 1. The molecule has 1 heterocycles.